The zero-order valence-corrected chi connectivity index (χ0v) is 12.6. The molecule has 0 bridgehead atoms. The van der Waals surface area contributed by atoms with Gasteiger partial charge < -0.3 is 5.32 Å². The largest absolute Gasteiger partial charge is 0.311 e. The van der Waals surface area contributed by atoms with Crippen molar-refractivity contribution in [3.63, 3.8) is 0 Å². The second kappa shape index (κ2) is 7.53. The van der Waals surface area contributed by atoms with Gasteiger partial charge in [0.1, 0.15) is 0 Å². The highest BCUT2D eigenvalue weighted by Crippen LogP contribution is 2.31. The minimum Gasteiger partial charge on any atom is -0.311 e. The summed E-state index contributed by atoms with van der Waals surface area (Å²) in [6, 6.07) is 1.65. The summed E-state index contributed by atoms with van der Waals surface area (Å²) in [5, 5.41) is 4.06. The first-order valence-corrected chi connectivity index (χ1v) is 8.53. The summed E-state index contributed by atoms with van der Waals surface area (Å²) in [6.07, 6.45) is 16.0. The first-order chi connectivity index (χ1) is 8.77. The maximum Gasteiger partial charge on any atom is 0.0100 e. The molecule has 0 radical (unpaired) electrons. The van der Waals surface area contributed by atoms with Crippen LogP contribution in [-0.4, -0.2) is 12.1 Å². The fourth-order valence-electron chi connectivity index (χ4n) is 4.09. The van der Waals surface area contributed by atoms with Crippen LogP contribution in [0.2, 0.25) is 0 Å². The van der Waals surface area contributed by atoms with E-state index >= 15 is 0 Å². The summed E-state index contributed by atoms with van der Waals surface area (Å²) in [5.74, 6) is 1.79. The summed E-state index contributed by atoms with van der Waals surface area (Å²) in [4.78, 5) is 0. The zero-order chi connectivity index (χ0) is 12.8. The maximum atomic E-state index is 4.06. The van der Waals surface area contributed by atoms with Crippen LogP contribution in [-0.2, 0) is 0 Å². The lowest BCUT2D eigenvalue weighted by Crippen LogP contribution is -2.46. The summed E-state index contributed by atoms with van der Waals surface area (Å²) in [6.45, 7) is 4.84. The summed E-state index contributed by atoms with van der Waals surface area (Å²) < 4.78 is 0. The van der Waals surface area contributed by atoms with Crippen molar-refractivity contribution < 1.29 is 0 Å². The van der Waals surface area contributed by atoms with Gasteiger partial charge in [0.25, 0.3) is 0 Å². The molecule has 0 aromatic carbocycles. The van der Waals surface area contributed by atoms with E-state index in [0.717, 1.165) is 23.9 Å². The van der Waals surface area contributed by atoms with Crippen LogP contribution in [0.5, 0.6) is 0 Å². The Hall–Kier alpha value is -0.0400. The van der Waals surface area contributed by atoms with Crippen molar-refractivity contribution in [1.29, 1.82) is 0 Å². The third-order valence-electron chi connectivity index (χ3n) is 5.23. The molecule has 0 aromatic heterocycles. The first-order valence-electron chi connectivity index (χ1n) is 8.53. The molecule has 2 saturated carbocycles. The minimum atomic E-state index is 0.822. The maximum absolute atomic E-state index is 4.06. The van der Waals surface area contributed by atoms with Crippen molar-refractivity contribution in [2.45, 2.75) is 96.6 Å². The molecule has 2 atom stereocenters. The van der Waals surface area contributed by atoms with Crippen LogP contribution in [0, 0.1) is 11.8 Å². The van der Waals surface area contributed by atoms with Gasteiger partial charge in [-0.25, -0.2) is 0 Å². The molecule has 0 spiro atoms. The molecule has 1 nitrogen and oxygen atoms in total. The van der Waals surface area contributed by atoms with Gasteiger partial charge >= 0.3 is 0 Å². The van der Waals surface area contributed by atoms with E-state index in [1.165, 1.54) is 70.6 Å². The number of hydrogen-bond donors (Lipinski definition) is 1. The van der Waals surface area contributed by atoms with Crippen molar-refractivity contribution >= 4 is 0 Å². The van der Waals surface area contributed by atoms with Gasteiger partial charge in [0.15, 0.2) is 0 Å². The molecule has 2 aliphatic rings. The Bertz CT molecular complexity index is 216. The van der Waals surface area contributed by atoms with Crippen molar-refractivity contribution in [2.24, 2.45) is 11.8 Å². The summed E-state index contributed by atoms with van der Waals surface area (Å²) in [7, 11) is 0. The molecule has 106 valence electrons. The van der Waals surface area contributed by atoms with Crippen LogP contribution < -0.4 is 5.32 Å². The van der Waals surface area contributed by atoms with Crippen molar-refractivity contribution in [3.05, 3.63) is 0 Å². The molecule has 2 rings (SSSR count). The Morgan fingerprint density at radius 2 is 1.28 bits per heavy atom. The van der Waals surface area contributed by atoms with E-state index in [4.69, 9.17) is 0 Å². The van der Waals surface area contributed by atoms with E-state index in [0.29, 0.717) is 0 Å². The molecular formula is C17H33N. The van der Waals surface area contributed by atoms with Crippen LogP contribution in [0.3, 0.4) is 0 Å². The number of hydrogen-bond acceptors (Lipinski definition) is 1. The summed E-state index contributed by atoms with van der Waals surface area (Å²) >= 11 is 0. The van der Waals surface area contributed by atoms with Crippen LogP contribution in [0.4, 0.5) is 0 Å². The Morgan fingerprint density at radius 1 is 0.722 bits per heavy atom. The third kappa shape index (κ3) is 4.26. The van der Waals surface area contributed by atoms with Gasteiger partial charge in [0, 0.05) is 12.1 Å². The van der Waals surface area contributed by atoms with Gasteiger partial charge in [-0.3, -0.25) is 0 Å². The Balaban J connectivity index is 1.84. The average molecular weight is 251 g/mol. The minimum absolute atomic E-state index is 0.822. The third-order valence-corrected chi connectivity index (χ3v) is 5.23. The molecule has 2 fully saturated rings. The van der Waals surface area contributed by atoms with Crippen LogP contribution in [0.1, 0.15) is 84.5 Å². The second-order valence-corrected chi connectivity index (χ2v) is 7.01. The van der Waals surface area contributed by atoms with Gasteiger partial charge in [-0.1, -0.05) is 58.8 Å². The molecular weight excluding hydrogens is 218 g/mol. The highest BCUT2D eigenvalue weighted by Gasteiger charge is 2.28. The van der Waals surface area contributed by atoms with Gasteiger partial charge in [0.2, 0.25) is 0 Å². The molecule has 0 heterocycles. The fourth-order valence-corrected chi connectivity index (χ4v) is 4.09. The highest BCUT2D eigenvalue weighted by molar-refractivity contribution is 4.85. The van der Waals surface area contributed by atoms with Crippen molar-refractivity contribution in [2.75, 3.05) is 0 Å². The molecule has 2 unspecified atom stereocenters. The molecule has 0 amide bonds. The lowest BCUT2D eigenvalue weighted by Gasteiger charge is -2.38. The van der Waals surface area contributed by atoms with E-state index in [-0.39, 0.29) is 0 Å². The second-order valence-electron chi connectivity index (χ2n) is 7.01. The van der Waals surface area contributed by atoms with E-state index in [2.05, 4.69) is 19.2 Å². The fraction of sp³-hybridized carbons (Fsp3) is 1.00. The van der Waals surface area contributed by atoms with E-state index in [1.54, 1.807) is 0 Å². The van der Waals surface area contributed by atoms with Crippen LogP contribution in [0.15, 0.2) is 0 Å². The topological polar surface area (TPSA) is 12.0 Å². The van der Waals surface area contributed by atoms with Gasteiger partial charge in [0.05, 0.1) is 0 Å². The quantitative estimate of drug-likeness (QED) is 0.752. The lowest BCUT2D eigenvalue weighted by atomic mass is 9.77. The SMILES string of the molecule is CC(C)C1CCCCC1NC1CCCCCCC1. The molecule has 2 aliphatic carbocycles. The van der Waals surface area contributed by atoms with Crippen molar-refractivity contribution in [1.82, 2.24) is 5.32 Å². The normalized spacial score (nSPS) is 32.2. The zero-order valence-electron chi connectivity index (χ0n) is 12.6. The predicted octanol–water partition coefficient (Wildman–Crippen LogP) is 4.90. The Labute approximate surface area is 114 Å². The smallest absolute Gasteiger partial charge is 0.0100 e. The van der Waals surface area contributed by atoms with Gasteiger partial charge in [-0.05, 0) is 37.5 Å². The standard InChI is InChI=1S/C17H33N/c1-14(2)16-12-8-9-13-17(16)18-15-10-6-4-3-5-7-11-15/h14-18H,3-13H2,1-2H3. The number of nitrogens with one attached hydrogen (secondary N) is 1. The van der Waals surface area contributed by atoms with Gasteiger partial charge in [-0.15, -0.1) is 0 Å². The highest BCUT2D eigenvalue weighted by atomic mass is 15.0. The average Bonchev–Trinajstić information content (AvgIpc) is 2.33. The van der Waals surface area contributed by atoms with E-state index in [1.807, 2.05) is 0 Å². The van der Waals surface area contributed by atoms with Crippen molar-refractivity contribution in [3.8, 4) is 0 Å². The molecule has 18 heavy (non-hydrogen) atoms. The van der Waals surface area contributed by atoms with E-state index < -0.39 is 0 Å². The van der Waals surface area contributed by atoms with Gasteiger partial charge in [-0.2, -0.15) is 0 Å². The molecule has 1 N–H and O–H groups in total. The number of rotatable bonds is 3. The molecule has 0 aromatic rings. The van der Waals surface area contributed by atoms with Crippen LogP contribution >= 0.6 is 0 Å². The lowest BCUT2D eigenvalue weighted by molar-refractivity contribution is 0.183. The Kier molecular flexibility index (Phi) is 6.01. The Morgan fingerprint density at radius 3 is 1.94 bits per heavy atom. The molecule has 1 heteroatoms. The van der Waals surface area contributed by atoms with Crippen LogP contribution in [0.25, 0.3) is 0 Å². The summed E-state index contributed by atoms with van der Waals surface area (Å²) in [5.41, 5.74) is 0. The first kappa shape index (κ1) is 14.4. The molecule has 0 aliphatic heterocycles. The monoisotopic (exact) mass is 251 g/mol. The van der Waals surface area contributed by atoms with E-state index in [9.17, 15) is 0 Å². The molecule has 0 saturated heterocycles. The predicted molar refractivity (Wildman–Crippen MR) is 79.8 cm³/mol.